The first-order chi connectivity index (χ1) is 13.4. The summed E-state index contributed by atoms with van der Waals surface area (Å²) in [5, 5.41) is 0.664. The number of halogens is 1. The summed E-state index contributed by atoms with van der Waals surface area (Å²) in [7, 11) is 1.64. The number of aryl methyl sites for hydroxylation is 1. The van der Waals surface area contributed by atoms with Gasteiger partial charge in [0.1, 0.15) is 5.92 Å². The molecule has 2 aromatic carbocycles. The normalized spacial score (nSPS) is 27.2. The number of hydrogen-bond donors (Lipinski definition) is 0. The van der Waals surface area contributed by atoms with Crippen molar-refractivity contribution in [2.45, 2.75) is 50.2 Å². The van der Waals surface area contributed by atoms with E-state index in [2.05, 4.69) is 0 Å². The highest BCUT2D eigenvalue weighted by molar-refractivity contribution is 6.30. The van der Waals surface area contributed by atoms with Gasteiger partial charge >= 0.3 is 5.97 Å². The molecule has 1 heterocycles. The number of rotatable bonds is 3. The van der Waals surface area contributed by atoms with Gasteiger partial charge in [-0.1, -0.05) is 35.9 Å². The second-order valence-corrected chi connectivity index (χ2v) is 8.18. The van der Waals surface area contributed by atoms with E-state index in [1.165, 1.54) is 0 Å². The van der Waals surface area contributed by atoms with Gasteiger partial charge in [0.05, 0.1) is 6.10 Å². The molecule has 3 unspecified atom stereocenters. The lowest BCUT2D eigenvalue weighted by Crippen LogP contribution is -2.44. The van der Waals surface area contributed by atoms with Gasteiger partial charge in [-0.15, -0.1) is 0 Å². The number of benzene rings is 2. The third-order valence-corrected chi connectivity index (χ3v) is 6.26. The quantitative estimate of drug-likeness (QED) is 0.547. The molecule has 0 amide bonds. The maximum Gasteiger partial charge on any atom is 0.322 e. The second-order valence-electron chi connectivity index (χ2n) is 7.74. The van der Waals surface area contributed by atoms with Crippen molar-refractivity contribution in [1.82, 2.24) is 0 Å². The van der Waals surface area contributed by atoms with E-state index < -0.39 is 17.5 Å². The van der Waals surface area contributed by atoms with Crippen molar-refractivity contribution in [2.75, 3.05) is 7.11 Å². The first-order valence-corrected chi connectivity index (χ1v) is 9.98. The van der Waals surface area contributed by atoms with Gasteiger partial charge in [0, 0.05) is 18.6 Å². The molecule has 1 aliphatic carbocycles. The lowest BCUT2D eigenvalue weighted by molar-refractivity contribution is -0.159. The van der Waals surface area contributed by atoms with Crippen molar-refractivity contribution in [2.24, 2.45) is 0 Å². The van der Waals surface area contributed by atoms with Crippen molar-refractivity contribution in [3.8, 4) is 11.1 Å². The molecule has 1 aliphatic heterocycles. The Labute approximate surface area is 169 Å². The van der Waals surface area contributed by atoms with Gasteiger partial charge in [0.25, 0.3) is 0 Å². The summed E-state index contributed by atoms with van der Waals surface area (Å²) >= 11 is 5.99. The largest absolute Gasteiger partial charge is 0.450 e. The van der Waals surface area contributed by atoms with Gasteiger partial charge < -0.3 is 9.47 Å². The van der Waals surface area contributed by atoms with Crippen molar-refractivity contribution in [3.05, 3.63) is 58.6 Å². The zero-order valence-corrected chi connectivity index (χ0v) is 16.8. The smallest absolute Gasteiger partial charge is 0.322 e. The predicted molar refractivity (Wildman–Crippen MR) is 107 cm³/mol. The molecule has 2 aliphatic rings. The van der Waals surface area contributed by atoms with Gasteiger partial charge in [0.2, 0.25) is 0 Å². The van der Waals surface area contributed by atoms with E-state index in [9.17, 15) is 9.59 Å². The molecule has 4 rings (SSSR count). The molecule has 0 aromatic heterocycles. The lowest BCUT2D eigenvalue weighted by atomic mass is 9.76. The average Bonchev–Trinajstić information content (AvgIpc) is 2.92. The summed E-state index contributed by atoms with van der Waals surface area (Å²) in [4.78, 5) is 26.2. The van der Waals surface area contributed by atoms with Crippen LogP contribution in [0, 0.1) is 6.92 Å². The average molecular weight is 399 g/mol. The highest BCUT2D eigenvalue weighted by Crippen LogP contribution is 2.45. The third kappa shape index (κ3) is 3.25. The fourth-order valence-electron chi connectivity index (χ4n) is 4.42. The van der Waals surface area contributed by atoms with Crippen molar-refractivity contribution in [1.29, 1.82) is 0 Å². The van der Waals surface area contributed by atoms with E-state index in [1.807, 2.05) is 49.4 Å². The lowest BCUT2D eigenvalue weighted by Gasteiger charge is -2.34. The molecule has 2 fully saturated rings. The zero-order chi connectivity index (χ0) is 19.9. The minimum Gasteiger partial charge on any atom is -0.450 e. The number of ketones is 1. The predicted octanol–water partition coefficient (Wildman–Crippen LogP) is 4.85. The van der Waals surface area contributed by atoms with Crippen LogP contribution in [-0.4, -0.2) is 30.6 Å². The molecule has 2 aromatic rings. The maximum atomic E-state index is 13.4. The van der Waals surface area contributed by atoms with Crippen LogP contribution in [0.3, 0.4) is 0 Å². The summed E-state index contributed by atoms with van der Waals surface area (Å²) in [6.45, 7) is 1.92. The Bertz CT molecular complexity index is 921. The van der Waals surface area contributed by atoms with Gasteiger partial charge in [-0.25, -0.2) is 0 Å². The molecule has 1 saturated heterocycles. The molecule has 0 bridgehead atoms. The van der Waals surface area contributed by atoms with Gasteiger partial charge in [-0.2, -0.15) is 0 Å². The van der Waals surface area contributed by atoms with Crippen molar-refractivity contribution in [3.63, 3.8) is 0 Å². The third-order valence-electron chi connectivity index (χ3n) is 6.01. The van der Waals surface area contributed by atoms with Crippen LogP contribution in [-0.2, 0) is 19.1 Å². The Morgan fingerprint density at radius 2 is 1.82 bits per heavy atom. The van der Waals surface area contributed by atoms with Crippen LogP contribution in [0.5, 0.6) is 0 Å². The highest BCUT2D eigenvalue weighted by Gasteiger charge is 2.57. The standard InChI is InChI=1S/C23H23ClO4/c1-14-5-6-16(15-7-9-17(24)10-8-15)12-19(14)20-21(25)23(28-22(20)26)11-3-4-18(13-23)27-2/h5-10,12,18,20H,3-4,11,13H2,1-2H3. The number of methoxy groups -OCH3 is 1. The van der Waals surface area contributed by atoms with E-state index in [4.69, 9.17) is 21.1 Å². The number of Topliss-reactive ketones (excluding diaryl/α,β-unsaturated/α-hetero) is 1. The summed E-state index contributed by atoms with van der Waals surface area (Å²) in [6.07, 6.45) is 2.67. The topological polar surface area (TPSA) is 52.6 Å². The van der Waals surface area contributed by atoms with Crippen LogP contribution >= 0.6 is 11.6 Å². The Hall–Kier alpha value is -2.17. The number of carbonyl (C=O) groups is 2. The van der Waals surface area contributed by atoms with Crippen LogP contribution in [0.2, 0.25) is 5.02 Å². The molecule has 146 valence electrons. The molecular formula is C23H23ClO4. The first-order valence-electron chi connectivity index (χ1n) is 9.60. The fourth-order valence-corrected chi connectivity index (χ4v) is 4.54. The Morgan fingerprint density at radius 3 is 2.54 bits per heavy atom. The number of hydrogen-bond acceptors (Lipinski definition) is 4. The van der Waals surface area contributed by atoms with Gasteiger partial charge in [0.15, 0.2) is 11.4 Å². The van der Waals surface area contributed by atoms with Crippen molar-refractivity contribution >= 4 is 23.4 Å². The van der Waals surface area contributed by atoms with Crippen molar-refractivity contribution < 1.29 is 19.1 Å². The summed E-state index contributed by atoms with van der Waals surface area (Å²) in [6, 6.07) is 13.4. The Morgan fingerprint density at radius 1 is 1.11 bits per heavy atom. The zero-order valence-electron chi connectivity index (χ0n) is 16.0. The van der Waals surface area contributed by atoms with Crippen LogP contribution < -0.4 is 0 Å². The van der Waals surface area contributed by atoms with Crippen LogP contribution in [0.25, 0.3) is 11.1 Å². The number of carbonyl (C=O) groups excluding carboxylic acids is 2. The molecule has 4 nitrogen and oxygen atoms in total. The molecule has 0 N–H and O–H groups in total. The molecule has 0 radical (unpaired) electrons. The van der Waals surface area contributed by atoms with E-state index >= 15 is 0 Å². The summed E-state index contributed by atoms with van der Waals surface area (Å²) in [5.74, 6) is -1.45. The first kappa shape index (κ1) is 19.2. The van der Waals surface area contributed by atoms with E-state index in [1.54, 1.807) is 7.11 Å². The molecular weight excluding hydrogens is 376 g/mol. The molecule has 5 heteroatoms. The summed E-state index contributed by atoms with van der Waals surface area (Å²) < 4.78 is 11.2. The van der Waals surface area contributed by atoms with E-state index in [0.717, 1.165) is 35.1 Å². The molecule has 1 saturated carbocycles. The second kappa shape index (κ2) is 7.34. The van der Waals surface area contributed by atoms with Crippen LogP contribution in [0.1, 0.15) is 42.7 Å². The van der Waals surface area contributed by atoms with Gasteiger partial charge in [-0.3, -0.25) is 9.59 Å². The SMILES string of the molecule is COC1CCCC2(C1)OC(=O)C(c1cc(-c3ccc(Cl)cc3)ccc1C)C2=O. The minimum absolute atomic E-state index is 0.0502. The number of ether oxygens (including phenoxy) is 2. The van der Waals surface area contributed by atoms with E-state index in [-0.39, 0.29) is 11.9 Å². The Kier molecular flexibility index (Phi) is 5.02. The summed E-state index contributed by atoms with van der Waals surface area (Å²) in [5.41, 5.74) is 2.51. The fraction of sp³-hybridized carbons (Fsp3) is 0.391. The monoisotopic (exact) mass is 398 g/mol. The molecule has 1 spiro atoms. The van der Waals surface area contributed by atoms with E-state index in [0.29, 0.717) is 17.9 Å². The van der Waals surface area contributed by atoms with Crippen LogP contribution in [0.15, 0.2) is 42.5 Å². The molecule has 28 heavy (non-hydrogen) atoms. The van der Waals surface area contributed by atoms with Crippen LogP contribution in [0.4, 0.5) is 0 Å². The molecule has 3 atom stereocenters. The number of esters is 1. The Balaban J connectivity index is 1.70. The van der Waals surface area contributed by atoms with Gasteiger partial charge in [-0.05, 0) is 66.6 Å². The maximum absolute atomic E-state index is 13.4. The highest BCUT2D eigenvalue weighted by atomic mass is 35.5. The minimum atomic E-state index is -1.04.